The van der Waals surface area contributed by atoms with Crippen molar-refractivity contribution in [3.63, 3.8) is 0 Å². The summed E-state index contributed by atoms with van der Waals surface area (Å²) in [5.74, 6) is 0. The second-order valence-corrected chi connectivity index (χ2v) is 7.45. The largest absolute Gasteiger partial charge is 0.240 e. The Bertz CT molecular complexity index is 781. The molecule has 0 amide bonds. The summed E-state index contributed by atoms with van der Waals surface area (Å²) in [6, 6.07) is 15.9. The number of rotatable bonds is 6. The number of halogens is 1. The van der Waals surface area contributed by atoms with Gasteiger partial charge in [0.2, 0.25) is 10.0 Å². The third-order valence-electron chi connectivity index (χ3n) is 3.12. The summed E-state index contributed by atoms with van der Waals surface area (Å²) in [4.78, 5) is 0.121. The van der Waals surface area contributed by atoms with Crippen LogP contribution in [-0.2, 0) is 16.4 Å². The molecule has 0 heterocycles. The van der Waals surface area contributed by atoms with E-state index in [1.54, 1.807) is 12.1 Å². The van der Waals surface area contributed by atoms with E-state index < -0.39 is 10.0 Å². The molecule has 0 unspecified atom stereocenters. The molecule has 0 radical (unpaired) electrons. The Morgan fingerprint density at radius 2 is 1.86 bits per heavy atom. The lowest BCUT2D eigenvalue weighted by molar-refractivity contribution is 0.579. The van der Waals surface area contributed by atoms with Crippen LogP contribution in [0.15, 0.2) is 57.9 Å². The molecule has 6 heteroatoms. The third-order valence-corrected chi connectivity index (χ3v) is 5.11. The number of nitrogens with zero attached hydrogens (tertiary/aromatic N) is 1. The predicted octanol–water partition coefficient (Wildman–Crippen LogP) is 3.23. The minimum absolute atomic E-state index is 0.121. The van der Waals surface area contributed by atoms with Gasteiger partial charge in [0.25, 0.3) is 0 Å². The number of hydrogen-bond donors (Lipinski definition) is 1. The molecule has 0 saturated heterocycles. The zero-order valence-corrected chi connectivity index (χ0v) is 14.2. The van der Waals surface area contributed by atoms with Crippen LogP contribution in [0.1, 0.15) is 17.5 Å². The lowest BCUT2D eigenvalue weighted by Crippen LogP contribution is -2.25. The molecule has 2 aromatic carbocycles. The number of nitrogens with one attached hydrogen (secondary N) is 1. The molecule has 4 nitrogen and oxygen atoms in total. The maximum absolute atomic E-state index is 12.1. The van der Waals surface area contributed by atoms with Crippen LogP contribution in [0.5, 0.6) is 0 Å². The van der Waals surface area contributed by atoms with Gasteiger partial charge in [0.15, 0.2) is 0 Å². The Kier molecular flexibility index (Phi) is 5.72. The van der Waals surface area contributed by atoms with E-state index in [1.807, 2.05) is 30.3 Å². The Balaban J connectivity index is 1.90. The Labute approximate surface area is 139 Å². The minimum atomic E-state index is -3.56. The molecule has 2 rings (SSSR count). The predicted molar refractivity (Wildman–Crippen MR) is 88.8 cm³/mol. The van der Waals surface area contributed by atoms with E-state index in [2.05, 4.69) is 20.7 Å². The van der Waals surface area contributed by atoms with Crippen LogP contribution in [0.3, 0.4) is 0 Å². The normalized spacial score (nSPS) is 11.1. The molecule has 0 aliphatic rings. The fraction of sp³-hybridized carbons (Fsp3) is 0.188. The zero-order valence-electron chi connectivity index (χ0n) is 11.8. The van der Waals surface area contributed by atoms with Gasteiger partial charge in [-0.05, 0) is 48.7 Å². The monoisotopic (exact) mass is 378 g/mol. The Morgan fingerprint density at radius 1 is 1.14 bits per heavy atom. The van der Waals surface area contributed by atoms with Gasteiger partial charge >= 0.3 is 0 Å². The summed E-state index contributed by atoms with van der Waals surface area (Å²) in [5, 5.41) is 8.82. The summed E-state index contributed by atoms with van der Waals surface area (Å²) in [5.41, 5.74) is 1.49. The van der Waals surface area contributed by atoms with Crippen molar-refractivity contribution >= 4 is 26.0 Å². The van der Waals surface area contributed by atoms with Gasteiger partial charge in [-0.25, -0.2) is 13.1 Å². The fourth-order valence-electron chi connectivity index (χ4n) is 1.97. The lowest BCUT2D eigenvalue weighted by atomic mass is 10.1. The van der Waals surface area contributed by atoms with Crippen molar-refractivity contribution in [2.75, 3.05) is 6.54 Å². The molecular formula is C16H15BrN2O2S. The summed E-state index contributed by atoms with van der Waals surface area (Å²) >= 11 is 3.38. The molecule has 114 valence electrons. The van der Waals surface area contributed by atoms with Crippen molar-refractivity contribution in [3.8, 4) is 6.07 Å². The number of benzene rings is 2. The average Bonchev–Trinajstić information content (AvgIpc) is 2.53. The first-order chi connectivity index (χ1) is 10.5. The van der Waals surface area contributed by atoms with Crippen molar-refractivity contribution in [1.29, 1.82) is 5.26 Å². The van der Waals surface area contributed by atoms with Crippen molar-refractivity contribution in [2.24, 2.45) is 0 Å². The lowest BCUT2D eigenvalue weighted by Gasteiger charge is -2.07. The summed E-state index contributed by atoms with van der Waals surface area (Å²) < 4.78 is 27.8. The van der Waals surface area contributed by atoms with E-state index in [4.69, 9.17) is 5.26 Å². The van der Waals surface area contributed by atoms with Crippen LogP contribution >= 0.6 is 15.9 Å². The maximum Gasteiger partial charge on any atom is 0.240 e. The molecule has 2 aromatic rings. The molecule has 0 bridgehead atoms. The smallest absolute Gasteiger partial charge is 0.211 e. The van der Waals surface area contributed by atoms with Crippen LogP contribution in [-0.4, -0.2) is 15.0 Å². The molecule has 0 aliphatic carbocycles. The first-order valence-corrected chi connectivity index (χ1v) is 9.03. The SMILES string of the molecule is N#Cc1cccc(S(=O)(=O)NCCCc2ccc(Br)cc2)c1. The topological polar surface area (TPSA) is 70.0 Å². The van der Waals surface area contributed by atoms with Gasteiger partial charge < -0.3 is 0 Å². The van der Waals surface area contributed by atoms with Gasteiger partial charge in [-0.3, -0.25) is 0 Å². The molecule has 0 spiro atoms. The molecule has 0 atom stereocenters. The maximum atomic E-state index is 12.1. The molecule has 0 aliphatic heterocycles. The van der Waals surface area contributed by atoms with Crippen molar-refractivity contribution in [1.82, 2.24) is 4.72 Å². The standard InChI is InChI=1S/C16H15BrN2O2S/c17-15-8-6-13(7-9-15)4-2-10-19-22(20,21)16-5-1-3-14(11-16)12-18/h1,3,5-9,11,19H,2,4,10H2. The second kappa shape index (κ2) is 7.54. The highest BCUT2D eigenvalue weighted by atomic mass is 79.9. The molecule has 1 N–H and O–H groups in total. The molecule has 0 fully saturated rings. The van der Waals surface area contributed by atoms with Crippen LogP contribution in [0, 0.1) is 11.3 Å². The quantitative estimate of drug-likeness (QED) is 0.784. The van der Waals surface area contributed by atoms with Crippen LogP contribution in [0.4, 0.5) is 0 Å². The fourth-order valence-corrected chi connectivity index (χ4v) is 3.35. The average molecular weight is 379 g/mol. The molecule has 0 saturated carbocycles. The highest BCUT2D eigenvalue weighted by Gasteiger charge is 2.13. The van der Waals surface area contributed by atoms with Gasteiger partial charge in [-0.1, -0.05) is 34.1 Å². The summed E-state index contributed by atoms with van der Waals surface area (Å²) in [6.45, 7) is 0.356. The number of aryl methyl sites for hydroxylation is 1. The minimum Gasteiger partial charge on any atom is -0.211 e. The van der Waals surface area contributed by atoms with Gasteiger partial charge in [-0.2, -0.15) is 5.26 Å². The van der Waals surface area contributed by atoms with Crippen molar-refractivity contribution < 1.29 is 8.42 Å². The summed E-state index contributed by atoms with van der Waals surface area (Å²) in [6.07, 6.45) is 1.51. The zero-order chi connectivity index (χ0) is 16.0. The second-order valence-electron chi connectivity index (χ2n) is 4.77. The van der Waals surface area contributed by atoms with E-state index in [9.17, 15) is 8.42 Å². The number of sulfonamides is 1. The van der Waals surface area contributed by atoms with Crippen LogP contribution < -0.4 is 4.72 Å². The van der Waals surface area contributed by atoms with E-state index >= 15 is 0 Å². The van der Waals surface area contributed by atoms with Crippen molar-refractivity contribution in [3.05, 3.63) is 64.1 Å². The van der Waals surface area contributed by atoms with E-state index in [0.717, 1.165) is 16.5 Å². The number of nitriles is 1. The Hall–Kier alpha value is -1.68. The third kappa shape index (κ3) is 4.67. The van der Waals surface area contributed by atoms with E-state index in [0.29, 0.717) is 18.5 Å². The highest BCUT2D eigenvalue weighted by molar-refractivity contribution is 9.10. The van der Waals surface area contributed by atoms with Gasteiger partial charge in [0.1, 0.15) is 0 Å². The van der Waals surface area contributed by atoms with Crippen LogP contribution in [0.2, 0.25) is 0 Å². The molecular weight excluding hydrogens is 364 g/mol. The van der Waals surface area contributed by atoms with E-state index in [1.165, 1.54) is 12.1 Å². The molecule has 22 heavy (non-hydrogen) atoms. The first-order valence-electron chi connectivity index (χ1n) is 6.75. The Morgan fingerprint density at radius 3 is 2.55 bits per heavy atom. The van der Waals surface area contributed by atoms with E-state index in [-0.39, 0.29) is 4.90 Å². The van der Waals surface area contributed by atoms with Crippen LogP contribution in [0.25, 0.3) is 0 Å². The molecule has 0 aromatic heterocycles. The van der Waals surface area contributed by atoms with Gasteiger partial charge in [-0.15, -0.1) is 0 Å². The van der Waals surface area contributed by atoms with Crippen molar-refractivity contribution in [2.45, 2.75) is 17.7 Å². The van der Waals surface area contributed by atoms with Gasteiger partial charge in [0, 0.05) is 11.0 Å². The van der Waals surface area contributed by atoms with Gasteiger partial charge in [0.05, 0.1) is 16.5 Å². The highest BCUT2D eigenvalue weighted by Crippen LogP contribution is 2.13. The first kappa shape index (κ1) is 16.7. The summed E-state index contributed by atoms with van der Waals surface area (Å²) in [7, 11) is -3.56. The number of hydrogen-bond acceptors (Lipinski definition) is 3.